The molecule has 1 heterocycles. The van der Waals surface area contributed by atoms with Crippen molar-refractivity contribution in [3.8, 4) is 0 Å². The molecule has 1 rings (SSSR count). The summed E-state index contributed by atoms with van der Waals surface area (Å²) in [5.41, 5.74) is 0. The van der Waals surface area contributed by atoms with Crippen LogP contribution < -0.4 is 0 Å². The third-order valence-corrected chi connectivity index (χ3v) is 12.7. The first-order chi connectivity index (χ1) is 3.65. The van der Waals surface area contributed by atoms with E-state index in [-0.39, 0.29) is 0 Å². The van der Waals surface area contributed by atoms with Gasteiger partial charge in [-0.2, -0.15) is 0 Å². The molecule has 0 atom stereocenters. The van der Waals surface area contributed by atoms with Gasteiger partial charge in [0.25, 0.3) is 0 Å². The van der Waals surface area contributed by atoms with Crippen LogP contribution >= 0.6 is 31.9 Å². The minimum atomic E-state index is -0.741. The van der Waals surface area contributed by atoms with Crippen LogP contribution in [-0.4, -0.2) is 11.4 Å². The zero-order chi connectivity index (χ0) is 6.20. The smallest absolute Gasteiger partial charge is 0.0790 e. The highest BCUT2D eigenvalue weighted by atomic mass is 79.9. The normalized spacial score (nSPS) is 25.5. The van der Waals surface area contributed by atoms with Crippen molar-refractivity contribution in [1.29, 1.82) is 0 Å². The molecule has 48 valence electrons. The quantitative estimate of drug-likeness (QED) is 0.500. The minimum Gasteiger partial charge on any atom is -0.0802 e. The van der Waals surface area contributed by atoms with Crippen LogP contribution in [0.2, 0.25) is 18.6 Å². The van der Waals surface area contributed by atoms with Gasteiger partial charge in [-0.15, -0.1) is 0 Å². The van der Waals surface area contributed by atoms with E-state index in [4.69, 9.17) is 0 Å². The SMILES string of the molecule is C[Si]1(C(Br)Br)CCC1. The highest BCUT2D eigenvalue weighted by Gasteiger charge is 2.39. The Balaban J connectivity index is 2.41. The molecule has 1 fully saturated rings. The molecule has 0 aliphatic carbocycles. The van der Waals surface area contributed by atoms with Crippen molar-refractivity contribution in [2.45, 2.75) is 28.4 Å². The van der Waals surface area contributed by atoms with Gasteiger partial charge in [0.2, 0.25) is 0 Å². The molecule has 0 bridgehead atoms. The average molecular weight is 258 g/mol. The molecule has 1 aliphatic rings. The number of hydrogen-bond donors (Lipinski definition) is 0. The summed E-state index contributed by atoms with van der Waals surface area (Å²) < 4.78 is 0.663. The summed E-state index contributed by atoms with van der Waals surface area (Å²) in [6, 6.07) is 3.02. The second-order valence-corrected chi connectivity index (χ2v) is 12.4. The van der Waals surface area contributed by atoms with Gasteiger partial charge < -0.3 is 0 Å². The van der Waals surface area contributed by atoms with Crippen LogP contribution in [0.5, 0.6) is 0 Å². The van der Waals surface area contributed by atoms with Crippen molar-refractivity contribution in [3.05, 3.63) is 0 Å². The predicted octanol–water partition coefficient (Wildman–Crippen LogP) is 3.12. The molecule has 8 heavy (non-hydrogen) atoms. The number of halogens is 2. The lowest BCUT2D eigenvalue weighted by Gasteiger charge is -2.37. The van der Waals surface area contributed by atoms with E-state index in [0.717, 1.165) is 0 Å². The van der Waals surface area contributed by atoms with Crippen LogP contribution in [0.3, 0.4) is 0 Å². The fourth-order valence-corrected chi connectivity index (χ4v) is 5.61. The van der Waals surface area contributed by atoms with Crippen LogP contribution in [0, 0.1) is 0 Å². The lowest BCUT2D eigenvalue weighted by atomic mass is 10.5. The van der Waals surface area contributed by atoms with Crippen molar-refractivity contribution in [3.63, 3.8) is 0 Å². The molecule has 0 nitrogen and oxygen atoms in total. The van der Waals surface area contributed by atoms with E-state index >= 15 is 0 Å². The highest BCUT2D eigenvalue weighted by Crippen LogP contribution is 2.40. The summed E-state index contributed by atoms with van der Waals surface area (Å²) in [6.07, 6.45) is 1.47. The molecule has 0 amide bonds. The van der Waals surface area contributed by atoms with Crippen molar-refractivity contribution in [2.24, 2.45) is 0 Å². The molecule has 3 heteroatoms. The molecule has 0 aromatic heterocycles. The molecule has 0 aromatic rings. The number of rotatable bonds is 1. The third-order valence-electron chi connectivity index (χ3n) is 2.02. The summed E-state index contributed by atoms with van der Waals surface area (Å²) >= 11 is 7.17. The van der Waals surface area contributed by atoms with Gasteiger partial charge in [0, 0.05) is 0 Å². The van der Waals surface area contributed by atoms with Gasteiger partial charge in [0.05, 0.1) is 11.4 Å². The molecule has 1 aliphatic heterocycles. The van der Waals surface area contributed by atoms with Gasteiger partial charge in [0.15, 0.2) is 0 Å². The van der Waals surface area contributed by atoms with E-state index in [0.29, 0.717) is 3.36 Å². The van der Waals surface area contributed by atoms with Gasteiger partial charge in [-0.05, 0) is 0 Å². The van der Waals surface area contributed by atoms with E-state index in [1.54, 1.807) is 0 Å². The topological polar surface area (TPSA) is 0 Å². The Kier molecular flexibility index (Phi) is 2.21. The first-order valence-corrected chi connectivity index (χ1v) is 7.76. The van der Waals surface area contributed by atoms with E-state index < -0.39 is 8.07 Å². The molecule has 0 radical (unpaired) electrons. The molecular weight excluding hydrogens is 248 g/mol. The van der Waals surface area contributed by atoms with Crippen molar-refractivity contribution >= 4 is 39.9 Å². The van der Waals surface area contributed by atoms with Gasteiger partial charge >= 0.3 is 0 Å². The fraction of sp³-hybridized carbons (Fsp3) is 1.00. The average Bonchev–Trinajstić information content (AvgIpc) is 1.60. The van der Waals surface area contributed by atoms with Crippen LogP contribution in [0.15, 0.2) is 0 Å². The van der Waals surface area contributed by atoms with Crippen molar-refractivity contribution < 1.29 is 0 Å². The van der Waals surface area contributed by atoms with Gasteiger partial charge in [-0.1, -0.05) is 56.9 Å². The molecule has 0 unspecified atom stereocenters. The molecule has 0 spiro atoms. The highest BCUT2D eigenvalue weighted by molar-refractivity contribution is 9.25. The van der Waals surface area contributed by atoms with E-state index in [1.807, 2.05) is 0 Å². The number of alkyl halides is 2. The second-order valence-electron chi connectivity index (χ2n) is 2.81. The molecule has 1 saturated heterocycles. The Labute approximate surface area is 68.3 Å². The third kappa shape index (κ3) is 1.19. The maximum absolute atomic E-state index is 3.59. The van der Waals surface area contributed by atoms with E-state index in [9.17, 15) is 0 Å². The van der Waals surface area contributed by atoms with E-state index in [1.165, 1.54) is 18.5 Å². The summed E-state index contributed by atoms with van der Waals surface area (Å²) in [5, 5.41) is 0. The van der Waals surface area contributed by atoms with Crippen LogP contribution in [0.1, 0.15) is 6.42 Å². The summed E-state index contributed by atoms with van der Waals surface area (Å²) in [5.74, 6) is 0. The largest absolute Gasteiger partial charge is 0.0802 e. The van der Waals surface area contributed by atoms with Crippen molar-refractivity contribution in [2.75, 3.05) is 0 Å². The lowest BCUT2D eigenvalue weighted by Crippen LogP contribution is -2.44. The van der Waals surface area contributed by atoms with Gasteiger partial charge in [0.1, 0.15) is 0 Å². The number of hydrogen-bond acceptors (Lipinski definition) is 0. The minimum absolute atomic E-state index is 0.663. The summed E-state index contributed by atoms with van der Waals surface area (Å²) in [7, 11) is -0.741. The second kappa shape index (κ2) is 2.43. The Morgan fingerprint density at radius 1 is 1.38 bits per heavy atom. The zero-order valence-corrected chi connectivity index (χ0v) is 9.13. The van der Waals surface area contributed by atoms with E-state index in [2.05, 4.69) is 38.4 Å². The maximum atomic E-state index is 3.59. The van der Waals surface area contributed by atoms with Crippen molar-refractivity contribution in [1.82, 2.24) is 0 Å². The van der Waals surface area contributed by atoms with Crippen LogP contribution in [-0.2, 0) is 0 Å². The molecule has 0 saturated carbocycles. The van der Waals surface area contributed by atoms with Crippen LogP contribution in [0.25, 0.3) is 0 Å². The summed E-state index contributed by atoms with van der Waals surface area (Å²) in [6.45, 7) is 2.45. The standard InChI is InChI=1S/C5H10Br2Si/c1-8(5(6)7)3-2-4-8/h5H,2-4H2,1H3. The van der Waals surface area contributed by atoms with Gasteiger partial charge in [-0.3, -0.25) is 0 Å². The molecular formula is C5H10Br2Si. The Hall–Kier alpha value is 1.18. The Morgan fingerprint density at radius 2 is 1.88 bits per heavy atom. The summed E-state index contributed by atoms with van der Waals surface area (Å²) in [4.78, 5) is 0. The predicted molar refractivity (Wildman–Crippen MR) is 47.5 cm³/mol. The Bertz CT molecular complexity index is 88.4. The monoisotopic (exact) mass is 256 g/mol. The van der Waals surface area contributed by atoms with Crippen LogP contribution in [0.4, 0.5) is 0 Å². The Morgan fingerprint density at radius 3 is 1.88 bits per heavy atom. The van der Waals surface area contributed by atoms with Gasteiger partial charge in [-0.25, -0.2) is 0 Å². The first-order valence-electron chi connectivity index (χ1n) is 2.93. The lowest BCUT2D eigenvalue weighted by molar-refractivity contribution is 0.901. The maximum Gasteiger partial charge on any atom is 0.0790 e. The first kappa shape index (κ1) is 7.29. The molecule has 0 N–H and O–H groups in total. The zero-order valence-electron chi connectivity index (χ0n) is 4.95. The molecule has 0 aromatic carbocycles. The fourth-order valence-electron chi connectivity index (χ4n) is 0.953.